The highest BCUT2D eigenvalue weighted by atomic mass is 32.2. The van der Waals surface area contributed by atoms with E-state index in [2.05, 4.69) is 24.3 Å². The average molecular weight is 421 g/mol. The van der Waals surface area contributed by atoms with E-state index in [1.54, 1.807) is 0 Å². The maximum absolute atomic E-state index is 13.2. The number of benzene rings is 2. The minimum absolute atomic E-state index is 0.0823. The Bertz CT molecular complexity index is 1050. The first-order valence-corrected chi connectivity index (χ1v) is 10.4. The molecule has 1 atom stereocenters. The standard InChI is InChI=1S/C19H17F2N3O4S/c20-19(21)27-16-9-13-14(10-17(16)28-19)23-18(22-13)29(25)11-12-3-1-2-4-15(12)24-5-7-26-8-6-24/h1-4,9-10H,5-8,11H2,(H,22,23). The Balaban J connectivity index is 1.40. The maximum atomic E-state index is 13.2. The van der Waals surface area contributed by atoms with Gasteiger partial charge in [-0.3, -0.25) is 4.21 Å². The minimum atomic E-state index is -3.68. The van der Waals surface area contributed by atoms with Gasteiger partial charge in [-0.25, -0.2) is 4.98 Å². The Labute approximate surface area is 167 Å². The smallest absolute Gasteiger partial charge is 0.395 e. The highest BCUT2D eigenvalue weighted by molar-refractivity contribution is 7.84. The lowest BCUT2D eigenvalue weighted by Gasteiger charge is -2.30. The lowest BCUT2D eigenvalue weighted by Crippen LogP contribution is -2.36. The van der Waals surface area contributed by atoms with Gasteiger partial charge in [-0.05, 0) is 11.6 Å². The molecule has 1 N–H and O–H groups in total. The topological polar surface area (TPSA) is 76.7 Å². The van der Waals surface area contributed by atoms with Crippen molar-refractivity contribution < 1.29 is 27.2 Å². The third-order valence-electron chi connectivity index (χ3n) is 4.83. The number of morpholine rings is 1. The molecule has 0 aliphatic carbocycles. The molecule has 2 aliphatic rings. The van der Waals surface area contributed by atoms with Crippen LogP contribution in [0.1, 0.15) is 5.56 Å². The molecule has 2 aliphatic heterocycles. The van der Waals surface area contributed by atoms with Crippen LogP contribution in [0.2, 0.25) is 0 Å². The second-order valence-corrected chi connectivity index (χ2v) is 8.11. The normalized spacial score (nSPS) is 18.9. The quantitative estimate of drug-likeness (QED) is 0.698. The Morgan fingerprint density at radius 1 is 1.14 bits per heavy atom. The number of fused-ring (bicyclic) bond motifs is 2. The van der Waals surface area contributed by atoms with Gasteiger partial charge in [0, 0.05) is 30.9 Å². The van der Waals surface area contributed by atoms with Gasteiger partial charge in [0.15, 0.2) is 16.7 Å². The lowest BCUT2D eigenvalue weighted by atomic mass is 10.1. The maximum Gasteiger partial charge on any atom is 0.586 e. The SMILES string of the molecule is O=S(Cc1ccccc1N1CCOCC1)c1nc2cc3c(cc2[nH]1)OC(F)(F)O3. The molecule has 1 aromatic heterocycles. The van der Waals surface area contributed by atoms with Crippen LogP contribution in [0.25, 0.3) is 11.0 Å². The number of hydrogen-bond acceptors (Lipinski definition) is 6. The predicted molar refractivity (Wildman–Crippen MR) is 102 cm³/mol. The fourth-order valence-electron chi connectivity index (χ4n) is 3.49. The van der Waals surface area contributed by atoms with Crippen LogP contribution in [0.3, 0.4) is 0 Å². The Kier molecular flexibility index (Phi) is 4.39. The molecule has 3 aromatic rings. The van der Waals surface area contributed by atoms with E-state index in [0.29, 0.717) is 24.2 Å². The first-order valence-electron chi connectivity index (χ1n) is 9.07. The highest BCUT2D eigenvalue weighted by Crippen LogP contribution is 2.42. The minimum Gasteiger partial charge on any atom is -0.395 e. The van der Waals surface area contributed by atoms with Crippen LogP contribution in [-0.4, -0.2) is 46.8 Å². The van der Waals surface area contributed by atoms with Gasteiger partial charge < -0.3 is 24.1 Å². The molecule has 1 saturated heterocycles. The molecule has 5 rings (SSSR count). The molecular weight excluding hydrogens is 404 g/mol. The van der Waals surface area contributed by atoms with E-state index in [1.807, 2.05) is 24.3 Å². The molecule has 152 valence electrons. The Hall–Kier alpha value is -2.72. The fourth-order valence-corrected chi connectivity index (χ4v) is 4.58. The largest absolute Gasteiger partial charge is 0.586 e. The average Bonchev–Trinajstić information content (AvgIpc) is 3.25. The summed E-state index contributed by atoms with van der Waals surface area (Å²) in [4.78, 5) is 9.47. The van der Waals surface area contributed by atoms with Gasteiger partial charge in [0.25, 0.3) is 0 Å². The Morgan fingerprint density at radius 3 is 2.66 bits per heavy atom. The van der Waals surface area contributed by atoms with Gasteiger partial charge in [-0.2, -0.15) is 0 Å². The summed E-state index contributed by atoms with van der Waals surface area (Å²) in [5, 5.41) is 0.271. The number of alkyl halides is 2. The number of anilines is 1. The number of aromatic nitrogens is 2. The molecule has 10 heteroatoms. The first kappa shape index (κ1) is 18.3. The summed E-state index contributed by atoms with van der Waals surface area (Å²) in [6, 6.07) is 10.6. The number of nitrogens with one attached hydrogen (secondary N) is 1. The van der Waals surface area contributed by atoms with Crippen molar-refractivity contribution in [3.8, 4) is 11.5 Å². The van der Waals surface area contributed by atoms with E-state index < -0.39 is 17.1 Å². The number of aromatic amines is 1. The molecule has 2 aromatic carbocycles. The molecule has 1 unspecified atom stereocenters. The van der Waals surface area contributed by atoms with E-state index in [-0.39, 0.29) is 22.4 Å². The van der Waals surface area contributed by atoms with Crippen LogP contribution >= 0.6 is 0 Å². The summed E-state index contributed by atoms with van der Waals surface area (Å²) in [6.07, 6.45) is -3.68. The summed E-state index contributed by atoms with van der Waals surface area (Å²) in [5.74, 6) is 0.100. The number of nitrogens with zero attached hydrogens (tertiary/aromatic N) is 2. The highest BCUT2D eigenvalue weighted by Gasteiger charge is 2.43. The molecule has 1 fully saturated rings. The summed E-state index contributed by atoms with van der Waals surface area (Å²) < 4.78 is 53.7. The Morgan fingerprint density at radius 2 is 1.86 bits per heavy atom. The molecule has 29 heavy (non-hydrogen) atoms. The van der Waals surface area contributed by atoms with Crippen LogP contribution in [-0.2, 0) is 21.3 Å². The fraction of sp³-hybridized carbons (Fsp3) is 0.316. The third kappa shape index (κ3) is 3.53. The van der Waals surface area contributed by atoms with Gasteiger partial charge in [0.2, 0.25) is 0 Å². The van der Waals surface area contributed by atoms with Crippen LogP contribution in [0.5, 0.6) is 11.5 Å². The first-order chi connectivity index (χ1) is 14.0. The number of para-hydroxylation sites is 1. The van der Waals surface area contributed by atoms with E-state index in [1.165, 1.54) is 12.1 Å². The molecule has 7 nitrogen and oxygen atoms in total. The number of hydrogen-bond donors (Lipinski definition) is 1. The lowest BCUT2D eigenvalue weighted by molar-refractivity contribution is -0.286. The molecule has 0 bridgehead atoms. The van der Waals surface area contributed by atoms with Crippen molar-refractivity contribution in [2.24, 2.45) is 0 Å². The molecular formula is C19H17F2N3O4S. The summed E-state index contributed by atoms with van der Waals surface area (Å²) in [6.45, 7) is 2.89. The third-order valence-corrected chi connectivity index (χ3v) is 6.03. The van der Waals surface area contributed by atoms with Gasteiger partial charge in [-0.1, -0.05) is 18.2 Å². The van der Waals surface area contributed by atoms with Gasteiger partial charge >= 0.3 is 6.29 Å². The van der Waals surface area contributed by atoms with Crippen molar-refractivity contribution in [1.82, 2.24) is 9.97 Å². The van der Waals surface area contributed by atoms with E-state index in [9.17, 15) is 13.0 Å². The summed E-state index contributed by atoms with van der Waals surface area (Å²) in [5.41, 5.74) is 2.81. The van der Waals surface area contributed by atoms with Crippen LogP contribution in [0.15, 0.2) is 41.6 Å². The zero-order chi connectivity index (χ0) is 20.0. The van der Waals surface area contributed by atoms with Gasteiger partial charge in [0.1, 0.15) is 0 Å². The van der Waals surface area contributed by atoms with Crippen LogP contribution in [0, 0.1) is 0 Å². The number of ether oxygens (including phenoxy) is 3. The van der Waals surface area contributed by atoms with Crippen LogP contribution < -0.4 is 14.4 Å². The van der Waals surface area contributed by atoms with E-state index in [0.717, 1.165) is 24.3 Å². The van der Waals surface area contributed by atoms with E-state index in [4.69, 9.17) is 4.74 Å². The molecule has 0 saturated carbocycles. The summed E-state index contributed by atoms with van der Waals surface area (Å²) in [7, 11) is -1.45. The monoisotopic (exact) mass is 421 g/mol. The van der Waals surface area contributed by atoms with Crippen molar-refractivity contribution in [3.05, 3.63) is 42.0 Å². The zero-order valence-electron chi connectivity index (χ0n) is 15.2. The molecule has 3 heterocycles. The van der Waals surface area contributed by atoms with Gasteiger partial charge in [-0.15, -0.1) is 8.78 Å². The van der Waals surface area contributed by atoms with Crippen molar-refractivity contribution in [1.29, 1.82) is 0 Å². The molecule has 0 spiro atoms. The second-order valence-electron chi connectivity index (χ2n) is 6.74. The number of imidazole rings is 1. The van der Waals surface area contributed by atoms with Crippen LogP contribution in [0.4, 0.5) is 14.5 Å². The van der Waals surface area contributed by atoms with Crippen molar-refractivity contribution in [2.75, 3.05) is 31.2 Å². The second kappa shape index (κ2) is 6.96. The van der Waals surface area contributed by atoms with E-state index >= 15 is 0 Å². The molecule has 0 radical (unpaired) electrons. The molecule has 0 amide bonds. The van der Waals surface area contributed by atoms with Crippen molar-refractivity contribution >= 4 is 27.5 Å². The summed E-state index contributed by atoms with van der Waals surface area (Å²) >= 11 is 0. The zero-order valence-corrected chi connectivity index (χ0v) is 16.0. The predicted octanol–water partition coefficient (Wildman–Crippen LogP) is 3.03. The van der Waals surface area contributed by atoms with Crippen molar-refractivity contribution in [3.63, 3.8) is 0 Å². The number of halogens is 2. The van der Waals surface area contributed by atoms with Gasteiger partial charge in [0.05, 0.1) is 40.8 Å². The number of H-pyrrole nitrogens is 1. The number of rotatable bonds is 4. The van der Waals surface area contributed by atoms with Crippen molar-refractivity contribution in [2.45, 2.75) is 17.2 Å².